The summed E-state index contributed by atoms with van der Waals surface area (Å²) in [5, 5.41) is 3.22. The molecule has 16 heavy (non-hydrogen) atoms. The highest BCUT2D eigenvalue weighted by Crippen LogP contribution is 2.21. The standard InChI is InChI=1S/C11H13BrFN3/c1-2-14-4-3-11-15-9-5-7(12)8(13)6-10(9)16-11/h5-6,14H,2-4H2,1H3,(H,15,16). The number of imidazole rings is 1. The van der Waals surface area contributed by atoms with Crippen molar-refractivity contribution in [3.8, 4) is 0 Å². The van der Waals surface area contributed by atoms with Gasteiger partial charge in [-0.15, -0.1) is 0 Å². The predicted molar refractivity (Wildman–Crippen MR) is 66.0 cm³/mol. The van der Waals surface area contributed by atoms with Crippen LogP contribution in [0, 0.1) is 5.82 Å². The molecular formula is C11H13BrFN3. The number of rotatable bonds is 4. The van der Waals surface area contributed by atoms with Crippen LogP contribution in [0.2, 0.25) is 0 Å². The molecule has 0 spiro atoms. The third-order valence-electron chi connectivity index (χ3n) is 2.36. The molecule has 0 unspecified atom stereocenters. The Morgan fingerprint density at radius 1 is 1.50 bits per heavy atom. The van der Waals surface area contributed by atoms with Crippen molar-refractivity contribution in [3.05, 3.63) is 28.2 Å². The van der Waals surface area contributed by atoms with Crippen LogP contribution in [0.4, 0.5) is 4.39 Å². The summed E-state index contributed by atoms with van der Waals surface area (Å²) in [7, 11) is 0. The van der Waals surface area contributed by atoms with E-state index in [0.29, 0.717) is 4.47 Å². The molecule has 1 heterocycles. The van der Waals surface area contributed by atoms with Crippen molar-refractivity contribution in [2.24, 2.45) is 0 Å². The van der Waals surface area contributed by atoms with Gasteiger partial charge in [0.05, 0.1) is 15.5 Å². The van der Waals surface area contributed by atoms with Crippen molar-refractivity contribution in [1.82, 2.24) is 15.3 Å². The Morgan fingerprint density at radius 3 is 3.06 bits per heavy atom. The van der Waals surface area contributed by atoms with Crippen LogP contribution in [-0.2, 0) is 6.42 Å². The SMILES string of the molecule is CCNCCc1nc2cc(Br)c(F)cc2[nH]1. The van der Waals surface area contributed by atoms with Crippen LogP contribution in [-0.4, -0.2) is 23.1 Å². The van der Waals surface area contributed by atoms with E-state index in [1.54, 1.807) is 6.07 Å². The van der Waals surface area contributed by atoms with Gasteiger partial charge in [0.25, 0.3) is 0 Å². The van der Waals surface area contributed by atoms with Gasteiger partial charge < -0.3 is 10.3 Å². The monoisotopic (exact) mass is 285 g/mol. The first-order valence-electron chi connectivity index (χ1n) is 5.25. The van der Waals surface area contributed by atoms with E-state index in [4.69, 9.17) is 0 Å². The zero-order valence-electron chi connectivity index (χ0n) is 8.98. The van der Waals surface area contributed by atoms with E-state index in [1.165, 1.54) is 6.07 Å². The molecule has 1 aromatic carbocycles. The first kappa shape index (κ1) is 11.5. The fourth-order valence-electron chi connectivity index (χ4n) is 1.56. The molecule has 0 aliphatic carbocycles. The molecule has 2 rings (SSSR count). The maximum absolute atomic E-state index is 13.3. The fraction of sp³-hybridized carbons (Fsp3) is 0.364. The number of benzene rings is 1. The second-order valence-corrected chi connectivity index (χ2v) is 4.42. The summed E-state index contributed by atoms with van der Waals surface area (Å²) >= 11 is 3.15. The van der Waals surface area contributed by atoms with Crippen LogP contribution < -0.4 is 5.32 Å². The summed E-state index contributed by atoms with van der Waals surface area (Å²) in [5.41, 5.74) is 1.53. The molecule has 0 aliphatic heterocycles. The second kappa shape index (κ2) is 4.93. The van der Waals surface area contributed by atoms with E-state index in [9.17, 15) is 4.39 Å². The predicted octanol–water partition coefficient (Wildman–Crippen LogP) is 2.62. The lowest BCUT2D eigenvalue weighted by Crippen LogP contribution is -2.16. The molecule has 5 heteroatoms. The van der Waals surface area contributed by atoms with Crippen LogP contribution >= 0.6 is 15.9 Å². The van der Waals surface area contributed by atoms with Gasteiger partial charge in [-0.2, -0.15) is 0 Å². The summed E-state index contributed by atoms with van der Waals surface area (Å²) < 4.78 is 13.7. The number of H-pyrrole nitrogens is 1. The topological polar surface area (TPSA) is 40.7 Å². The molecule has 0 bridgehead atoms. The number of aromatic amines is 1. The van der Waals surface area contributed by atoms with Crippen molar-refractivity contribution >= 4 is 27.0 Å². The normalized spacial score (nSPS) is 11.2. The van der Waals surface area contributed by atoms with E-state index < -0.39 is 0 Å². The number of hydrogen-bond donors (Lipinski definition) is 2. The van der Waals surface area contributed by atoms with Crippen LogP contribution in [0.5, 0.6) is 0 Å². The number of hydrogen-bond acceptors (Lipinski definition) is 2. The summed E-state index contributed by atoms with van der Waals surface area (Å²) in [6.07, 6.45) is 0.821. The van der Waals surface area contributed by atoms with Gasteiger partial charge >= 0.3 is 0 Å². The Hall–Kier alpha value is -0.940. The van der Waals surface area contributed by atoms with Crippen LogP contribution in [0.25, 0.3) is 11.0 Å². The maximum Gasteiger partial charge on any atom is 0.139 e. The summed E-state index contributed by atoms with van der Waals surface area (Å²) in [6.45, 7) is 3.88. The lowest BCUT2D eigenvalue weighted by atomic mass is 10.3. The number of aromatic nitrogens is 2. The molecule has 0 aliphatic rings. The molecule has 0 amide bonds. The first-order chi connectivity index (χ1) is 7.70. The van der Waals surface area contributed by atoms with Gasteiger partial charge in [-0.1, -0.05) is 6.92 Å². The summed E-state index contributed by atoms with van der Waals surface area (Å²) in [4.78, 5) is 7.50. The van der Waals surface area contributed by atoms with Crippen molar-refractivity contribution < 1.29 is 4.39 Å². The summed E-state index contributed by atoms with van der Waals surface area (Å²) in [5.74, 6) is 0.614. The van der Waals surface area contributed by atoms with Gasteiger partial charge in [-0.25, -0.2) is 9.37 Å². The highest BCUT2D eigenvalue weighted by Gasteiger charge is 2.06. The zero-order chi connectivity index (χ0) is 11.5. The highest BCUT2D eigenvalue weighted by atomic mass is 79.9. The molecule has 0 saturated heterocycles. The Kier molecular flexibility index (Phi) is 3.56. The number of fused-ring (bicyclic) bond motifs is 1. The second-order valence-electron chi connectivity index (χ2n) is 3.57. The van der Waals surface area contributed by atoms with Gasteiger partial charge in [-0.3, -0.25) is 0 Å². The van der Waals surface area contributed by atoms with E-state index in [0.717, 1.165) is 36.4 Å². The zero-order valence-corrected chi connectivity index (χ0v) is 10.6. The molecule has 3 nitrogen and oxygen atoms in total. The van der Waals surface area contributed by atoms with Gasteiger partial charge in [-0.05, 0) is 28.5 Å². The van der Waals surface area contributed by atoms with E-state index in [2.05, 4.69) is 38.1 Å². The van der Waals surface area contributed by atoms with Crippen LogP contribution in [0.1, 0.15) is 12.7 Å². The largest absolute Gasteiger partial charge is 0.342 e. The van der Waals surface area contributed by atoms with Crippen molar-refractivity contribution in [3.63, 3.8) is 0 Å². The third kappa shape index (κ3) is 2.41. The minimum absolute atomic E-state index is 0.269. The molecule has 86 valence electrons. The van der Waals surface area contributed by atoms with E-state index in [1.807, 2.05) is 0 Å². The number of nitrogens with one attached hydrogen (secondary N) is 2. The minimum Gasteiger partial charge on any atom is -0.342 e. The Labute approximate surface area is 102 Å². The van der Waals surface area contributed by atoms with Gasteiger partial charge in [0, 0.05) is 19.0 Å². The smallest absolute Gasteiger partial charge is 0.139 e. The average molecular weight is 286 g/mol. The quantitative estimate of drug-likeness (QED) is 0.848. The Balaban J connectivity index is 2.23. The third-order valence-corrected chi connectivity index (χ3v) is 2.97. The van der Waals surface area contributed by atoms with Crippen LogP contribution in [0.15, 0.2) is 16.6 Å². The molecule has 0 atom stereocenters. The highest BCUT2D eigenvalue weighted by molar-refractivity contribution is 9.10. The lowest BCUT2D eigenvalue weighted by molar-refractivity contribution is 0.623. The average Bonchev–Trinajstić information content (AvgIpc) is 2.61. The molecule has 2 aromatic rings. The summed E-state index contributed by atoms with van der Waals surface area (Å²) in [6, 6.07) is 3.15. The molecule has 1 aromatic heterocycles. The maximum atomic E-state index is 13.3. The Bertz CT molecular complexity index is 456. The van der Waals surface area contributed by atoms with Crippen LogP contribution in [0.3, 0.4) is 0 Å². The number of likely N-dealkylation sites (N-methyl/N-ethyl adjacent to an activating group) is 1. The number of nitrogens with zero attached hydrogens (tertiary/aromatic N) is 1. The first-order valence-corrected chi connectivity index (χ1v) is 6.04. The molecule has 0 radical (unpaired) electrons. The fourth-order valence-corrected chi connectivity index (χ4v) is 1.89. The lowest BCUT2D eigenvalue weighted by Gasteiger charge is -1.96. The van der Waals surface area contributed by atoms with Gasteiger partial charge in [0.1, 0.15) is 11.6 Å². The van der Waals surface area contributed by atoms with Crippen molar-refractivity contribution in [2.75, 3.05) is 13.1 Å². The minimum atomic E-state index is -0.269. The molecule has 0 saturated carbocycles. The molecular weight excluding hydrogens is 273 g/mol. The van der Waals surface area contributed by atoms with Gasteiger partial charge in [0.2, 0.25) is 0 Å². The Morgan fingerprint density at radius 2 is 2.31 bits per heavy atom. The number of halogens is 2. The van der Waals surface area contributed by atoms with Gasteiger partial charge in [0.15, 0.2) is 0 Å². The molecule has 2 N–H and O–H groups in total. The van der Waals surface area contributed by atoms with Crippen molar-refractivity contribution in [2.45, 2.75) is 13.3 Å². The van der Waals surface area contributed by atoms with Crippen molar-refractivity contribution in [1.29, 1.82) is 0 Å². The molecule has 0 fully saturated rings. The van der Waals surface area contributed by atoms with E-state index >= 15 is 0 Å². The van der Waals surface area contributed by atoms with E-state index in [-0.39, 0.29) is 5.82 Å².